The van der Waals surface area contributed by atoms with Crippen molar-refractivity contribution in [3.8, 4) is 0 Å². The molecular formula is C12H15BrN2O5. The van der Waals surface area contributed by atoms with Gasteiger partial charge in [0.05, 0.1) is 11.4 Å². The van der Waals surface area contributed by atoms with Gasteiger partial charge >= 0.3 is 5.97 Å². The van der Waals surface area contributed by atoms with E-state index in [-0.39, 0.29) is 29.4 Å². The Morgan fingerprint density at radius 1 is 1.40 bits per heavy atom. The maximum atomic E-state index is 11.8. The molecule has 0 aliphatic carbocycles. The van der Waals surface area contributed by atoms with Gasteiger partial charge in [-0.1, -0.05) is 15.9 Å². The number of carbonyl (C=O) groups excluding carboxylic acids is 3. The SMILES string of the molecule is CCOC(=O)c1c(C)oc(NC(=O)C(C)Br)c1C(N)=O. The van der Waals surface area contributed by atoms with Crippen LogP contribution in [0.5, 0.6) is 0 Å². The molecule has 0 aromatic carbocycles. The lowest BCUT2D eigenvalue weighted by atomic mass is 10.1. The van der Waals surface area contributed by atoms with Gasteiger partial charge in [0, 0.05) is 0 Å². The number of hydrogen-bond acceptors (Lipinski definition) is 5. The summed E-state index contributed by atoms with van der Waals surface area (Å²) >= 11 is 3.08. The monoisotopic (exact) mass is 346 g/mol. The van der Waals surface area contributed by atoms with Crippen LogP contribution in [0.25, 0.3) is 0 Å². The predicted octanol–water partition coefficient (Wildman–Crippen LogP) is 1.59. The zero-order valence-electron chi connectivity index (χ0n) is 11.3. The first-order valence-electron chi connectivity index (χ1n) is 5.84. The van der Waals surface area contributed by atoms with Gasteiger partial charge in [0.2, 0.25) is 11.8 Å². The van der Waals surface area contributed by atoms with Crippen molar-refractivity contribution in [1.29, 1.82) is 0 Å². The van der Waals surface area contributed by atoms with Gasteiger partial charge in [-0.3, -0.25) is 14.9 Å². The third-order valence-corrected chi connectivity index (χ3v) is 2.82. The van der Waals surface area contributed by atoms with Crippen LogP contribution in [0.1, 0.15) is 40.3 Å². The average molecular weight is 347 g/mol. The fraction of sp³-hybridized carbons (Fsp3) is 0.417. The van der Waals surface area contributed by atoms with Crippen LogP contribution in [0.15, 0.2) is 4.42 Å². The first kappa shape index (κ1) is 16.2. The molecule has 0 saturated heterocycles. The van der Waals surface area contributed by atoms with Crippen molar-refractivity contribution in [1.82, 2.24) is 0 Å². The number of ether oxygens (including phenoxy) is 1. The fourth-order valence-corrected chi connectivity index (χ4v) is 1.64. The number of carbonyl (C=O) groups is 3. The Kier molecular flexibility index (Phi) is 5.32. The van der Waals surface area contributed by atoms with E-state index in [0.717, 1.165) is 0 Å². The third-order valence-electron chi connectivity index (χ3n) is 2.41. The summed E-state index contributed by atoms with van der Waals surface area (Å²) in [6, 6.07) is 0. The van der Waals surface area contributed by atoms with E-state index in [1.807, 2.05) is 0 Å². The van der Waals surface area contributed by atoms with E-state index in [2.05, 4.69) is 21.2 Å². The van der Waals surface area contributed by atoms with E-state index in [9.17, 15) is 14.4 Å². The normalized spacial score (nSPS) is 11.8. The summed E-state index contributed by atoms with van der Waals surface area (Å²) in [5, 5.41) is 2.39. The summed E-state index contributed by atoms with van der Waals surface area (Å²) in [6.45, 7) is 4.85. The highest BCUT2D eigenvalue weighted by molar-refractivity contribution is 9.10. The molecule has 0 aliphatic heterocycles. The number of nitrogens with two attached hydrogens (primary N) is 1. The zero-order chi connectivity index (χ0) is 15.4. The Labute approximate surface area is 124 Å². The third kappa shape index (κ3) is 3.38. The van der Waals surface area contributed by atoms with Gasteiger partial charge in [-0.05, 0) is 20.8 Å². The molecule has 0 bridgehead atoms. The molecule has 7 nitrogen and oxygen atoms in total. The molecular weight excluding hydrogens is 332 g/mol. The number of aryl methyl sites for hydroxylation is 1. The number of primary amides is 1. The zero-order valence-corrected chi connectivity index (χ0v) is 12.9. The topological polar surface area (TPSA) is 112 Å². The number of nitrogens with one attached hydrogen (secondary N) is 1. The molecule has 1 heterocycles. The van der Waals surface area contributed by atoms with Crippen molar-refractivity contribution < 1.29 is 23.5 Å². The molecule has 0 saturated carbocycles. The second-order valence-corrected chi connectivity index (χ2v) is 5.30. The lowest BCUT2D eigenvalue weighted by molar-refractivity contribution is -0.115. The van der Waals surface area contributed by atoms with E-state index in [1.165, 1.54) is 6.92 Å². The van der Waals surface area contributed by atoms with Crippen LogP contribution >= 0.6 is 15.9 Å². The second kappa shape index (κ2) is 6.56. The summed E-state index contributed by atoms with van der Waals surface area (Å²) in [7, 11) is 0. The quantitative estimate of drug-likeness (QED) is 0.620. The maximum absolute atomic E-state index is 11.8. The van der Waals surface area contributed by atoms with Gasteiger partial charge in [0.1, 0.15) is 16.9 Å². The molecule has 110 valence electrons. The van der Waals surface area contributed by atoms with Crippen LogP contribution in [0.4, 0.5) is 5.88 Å². The Hall–Kier alpha value is -1.83. The number of anilines is 1. The van der Waals surface area contributed by atoms with E-state index in [0.29, 0.717) is 0 Å². The molecule has 1 unspecified atom stereocenters. The van der Waals surface area contributed by atoms with E-state index < -0.39 is 22.6 Å². The van der Waals surface area contributed by atoms with Crippen molar-refractivity contribution in [3.05, 3.63) is 16.9 Å². The Morgan fingerprint density at radius 2 is 2.00 bits per heavy atom. The van der Waals surface area contributed by atoms with Gasteiger partial charge in [0.15, 0.2) is 0 Å². The first-order chi connectivity index (χ1) is 9.29. The summed E-state index contributed by atoms with van der Waals surface area (Å²) < 4.78 is 10.1. The number of amides is 2. The van der Waals surface area contributed by atoms with Gasteiger partial charge in [-0.15, -0.1) is 0 Å². The standard InChI is InChI=1S/C12H15BrN2O5/c1-4-19-12(18)7-6(3)20-11(8(7)9(14)16)15-10(17)5(2)13/h5H,4H2,1-3H3,(H2,14,16)(H,15,17). The minimum atomic E-state index is -0.887. The highest BCUT2D eigenvalue weighted by Crippen LogP contribution is 2.28. The van der Waals surface area contributed by atoms with Crippen molar-refractivity contribution in [2.24, 2.45) is 5.73 Å². The highest BCUT2D eigenvalue weighted by atomic mass is 79.9. The van der Waals surface area contributed by atoms with Crippen molar-refractivity contribution >= 4 is 39.6 Å². The number of rotatable bonds is 5. The lowest BCUT2D eigenvalue weighted by Crippen LogP contribution is -2.23. The summed E-state index contributed by atoms with van der Waals surface area (Å²) in [5.41, 5.74) is 4.98. The number of halogens is 1. The molecule has 1 atom stereocenters. The Balaban J connectivity index is 3.27. The van der Waals surface area contributed by atoms with Gasteiger partial charge in [-0.25, -0.2) is 4.79 Å². The number of esters is 1. The predicted molar refractivity (Wildman–Crippen MR) is 74.9 cm³/mol. The number of furan rings is 1. The minimum Gasteiger partial charge on any atom is -0.462 e. The van der Waals surface area contributed by atoms with Crippen LogP contribution in [-0.2, 0) is 9.53 Å². The average Bonchev–Trinajstić information content (AvgIpc) is 2.65. The van der Waals surface area contributed by atoms with Gasteiger partial charge in [-0.2, -0.15) is 0 Å². The first-order valence-corrected chi connectivity index (χ1v) is 6.76. The van der Waals surface area contributed by atoms with Gasteiger partial charge in [0.25, 0.3) is 5.91 Å². The van der Waals surface area contributed by atoms with Crippen molar-refractivity contribution in [2.45, 2.75) is 25.6 Å². The molecule has 1 aromatic heterocycles. The number of hydrogen-bond donors (Lipinski definition) is 2. The van der Waals surface area contributed by atoms with Crippen molar-refractivity contribution in [3.63, 3.8) is 0 Å². The van der Waals surface area contributed by atoms with Crippen LogP contribution in [-0.4, -0.2) is 29.2 Å². The van der Waals surface area contributed by atoms with Crippen LogP contribution in [0.2, 0.25) is 0 Å². The molecule has 3 N–H and O–H groups in total. The van der Waals surface area contributed by atoms with Crippen molar-refractivity contribution in [2.75, 3.05) is 11.9 Å². The highest BCUT2D eigenvalue weighted by Gasteiger charge is 2.29. The molecule has 0 spiro atoms. The summed E-state index contributed by atoms with van der Waals surface area (Å²) in [6.07, 6.45) is 0. The van der Waals surface area contributed by atoms with E-state index >= 15 is 0 Å². The Morgan fingerprint density at radius 3 is 2.45 bits per heavy atom. The molecule has 1 aromatic rings. The smallest absolute Gasteiger partial charge is 0.342 e. The van der Waals surface area contributed by atoms with Crippen LogP contribution in [0.3, 0.4) is 0 Å². The molecule has 8 heteroatoms. The molecule has 20 heavy (non-hydrogen) atoms. The molecule has 1 rings (SSSR count). The molecule has 0 fully saturated rings. The summed E-state index contributed by atoms with van der Waals surface area (Å²) in [4.78, 5) is 34.4. The van der Waals surface area contributed by atoms with E-state index in [1.54, 1.807) is 13.8 Å². The van der Waals surface area contributed by atoms with E-state index in [4.69, 9.17) is 14.9 Å². The van der Waals surface area contributed by atoms with Gasteiger partial charge < -0.3 is 14.9 Å². The number of alkyl halides is 1. The maximum Gasteiger partial charge on any atom is 0.342 e. The van der Waals surface area contributed by atoms with Crippen LogP contribution in [0, 0.1) is 6.92 Å². The largest absolute Gasteiger partial charge is 0.462 e. The van der Waals surface area contributed by atoms with Crippen LogP contribution < -0.4 is 11.1 Å². The Bertz CT molecular complexity index is 550. The minimum absolute atomic E-state index is 0.0723. The fourth-order valence-electron chi connectivity index (χ4n) is 1.53. The second-order valence-electron chi connectivity index (χ2n) is 3.93. The molecule has 0 aliphatic rings. The molecule has 2 amide bonds. The lowest BCUT2D eigenvalue weighted by Gasteiger charge is -2.05. The summed E-state index contributed by atoms with van der Waals surface area (Å²) in [5.74, 6) is -2.06. The molecule has 0 radical (unpaired) electrons.